The van der Waals surface area contributed by atoms with Crippen LogP contribution in [0.25, 0.3) is 11.0 Å². The Morgan fingerprint density at radius 1 is 1.00 bits per heavy atom. The van der Waals surface area contributed by atoms with Gasteiger partial charge in [0.25, 0.3) is 0 Å². The van der Waals surface area contributed by atoms with Gasteiger partial charge in [0.15, 0.2) is 11.5 Å². The zero-order valence-electron chi connectivity index (χ0n) is 15.4. The van der Waals surface area contributed by atoms with Crippen LogP contribution in [-0.4, -0.2) is 27.4 Å². The van der Waals surface area contributed by atoms with E-state index in [2.05, 4.69) is 13.1 Å². The molecule has 0 saturated carbocycles. The Hall–Kier alpha value is -2.99. The van der Waals surface area contributed by atoms with Crippen molar-refractivity contribution in [2.75, 3.05) is 27.4 Å². The number of hydrogen-bond acceptors (Lipinski definition) is 5. The largest absolute Gasteiger partial charge is 0.497 e. The van der Waals surface area contributed by atoms with Crippen molar-refractivity contribution in [3.8, 4) is 17.2 Å². The van der Waals surface area contributed by atoms with Crippen LogP contribution in [0.3, 0.4) is 0 Å². The second kappa shape index (κ2) is 7.32. The highest BCUT2D eigenvalue weighted by atomic mass is 16.6. The monoisotopic (exact) mass is 368 g/mol. The van der Waals surface area contributed by atoms with Crippen molar-refractivity contribution < 1.29 is 23.5 Å². The van der Waals surface area contributed by atoms with E-state index in [-0.39, 0.29) is 5.63 Å². The number of hydrogen-bond donors (Lipinski definition) is 1. The fourth-order valence-electron chi connectivity index (χ4n) is 3.42. The zero-order chi connectivity index (χ0) is 18.8. The first-order valence-electron chi connectivity index (χ1n) is 8.93. The van der Waals surface area contributed by atoms with E-state index in [0.29, 0.717) is 31.1 Å². The van der Waals surface area contributed by atoms with Crippen LogP contribution in [0.4, 0.5) is 0 Å². The number of fused-ring (bicyclic) bond motifs is 2. The van der Waals surface area contributed by atoms with Gasteiger partial charge in [-0.25, -0.2) is 4.79 Å². The molecule has 1 aliphatic rings. The predicted molar refractivity (Wildman–Crippen MR) is 101 cm³/mol. The molecule has 1 atom stereocenters. The second-order valence-corrected chi connectivity index (χ2v) is 6.74. The van der Waals surface area contributed by atoms with Crippen molar-refractivity contribution in [1.82, 2.24) is 0 Å². The first kappa shape index (κ1) is 17.4. The Bertz CT molecular complexity index is 1030. The summed E-state index contributed by atoms with van der Waals surface area (Å²) in [5, 5.41) is 0.928. The van der Waals surface area contributed by atoms with Gasteiger partial charge >= 0.3 is 5.63 Å². The maximum Gasteiger partial charge on any atom is 0.336 e. The SMILES string of the molecule is COc1ccc2c(C[NH+](C)Cc3ccc4c(c3)OCCO4)cc(=O)oc2c1. The zero-order valence-corrected chi connectivity index (χ0v) is 15.4. The highest BCUT2D eigenvalue weighted by Crippen LogP contribution is 2.30. The van der Waals surface area contributed by atoms with E-state index in [0.717, 1.165) is 34.6 Å². The standard InChI is InChI=1S/C21H21NO5/c1-22(12-14-3-6-18-20(9-14)26-8-7-25-18)13-15-10-21(23)27-19-11-16(24-2)4-5-17(15)19/h3-6,9-11H,7-8,12-13H2,1-2H3/p+1. The van der Waals surface area contributed by atoms with Gasteiger partial charge in [0, 0.05) is 28.6 Å². The highest BCUT2D eigenvalue weighted by Gasteiger charge is 2.15. The van der Waals surface area contributed by atoms with Crippen LogP contribution in [0.5, 0.6) is 17.2 Å². The Kier molecular flexibility index (Phi) is 4.73. The predicted octanol–water partition coefficient (Wildman–Crippen LogP) is 1.79. The molecule has 27 heavy (non-hydrogen) atoms. The summed E-state index contributed by atoms with van der Waals surface area (Å²) < 4.78 is 21.8. The van der Waals surface area contributed by atoms with Crippen LogP contribution in [-0.2, 0) is 13.1 Å². The lowest BCUT2D eigenvalue weighted by Crippen LogP contribution is -3.06. The molecule has 1 aromatic heterocycles. The van der Waals surface area contributed by atoms with E-state index in [1.807, 2.05) is 24.3 Å². The number of benzene rings is 2. The van der Waals surface area contributed by atoms with E-state index in [9.17, 15) is 4.79 Å². The topological polar surface area (TPSA) is 62.3 Å². The number of methoxy groups -OCH3 is 1. The lowest BCUT2D eigenvalue weighted by molar-refractivity contribution is -0.907. The summed E-state index contributed by atoms with van der Waals surface area (Å²) in [5.41, 5.74) is 2.31. The first-order valence-corrected chi connectivity index (χ1v) is 8.93. The minimum absolute atomic E-state index is 0.349. The van der Waals surface area contributed by atoms with Crippen LogP contribution >= 0.6 is 0 Å². The molecule has 0 amide bonds. The third-order valence-electron chi connectivity index (χ3n) is 4.64. The molecule has 0 radical (unpaired) electrons. The number of ether oxygens (including phenoxy) is 3. The molecule has 0 spiro atoms. The Labute approximate surface area is 156 Å². The molecule has 1 N–H and O–H groups in total. The Morgan fingerprint density at radius 3 is 2.63 bits per heavy atom. The van der Waals surface area contributed by atoms with Gasteiger partial charge in [-0.3, -0.25) is 0 Å². The van der Waals surface area contributed by atoms with Gasteiger partial charge in [-0.05, 0) is 30.3 Å². The van der Waals surface area contributed by atoms with Crippen LogP contribution < -0.4 is 24.7 Å². The first-order chi connectivity index (χ1) is 13.1. The lowest BCUT2D eigenvalue weighted by atomic mass is 10.1. The van der Waals surface area contributed by atoms with Gasteiger partial charge in [-0.15, -0.1) is 0 Å². The molecular formula is C21H22NO5+. The average Bonchev–Trinajstić information content (AvgIpc) is 2.67. The van der Waals surface area contributed by atoms with Crippen LogP contribution in [0.2, 0.25) is 0 Å². The van der Waals surface area contributed by atoms with Gasteiger partial charge in [0.05, 0.1) is 14.2 Å². The van der Waals surface area contributed by atoms with E-state index in [1.165, 1.54) is 4.90 Å². The normalized spacial score (nSPS) is 14.1. The van der Waals surface area contributed by atoms with Crippen LogP contribution in [0.15, 0.2) is 51.7 Å². The summed E-state index contributed by atoms with van der Waals surface area (Å²) in [6.45, 7) is 2.66. The van der Waals surface area contributed by atoms with Gasteiger partial charge in [0.1, 0.15) is 37.6 Å². The minimum Gasteiger partial charge on any atom is -0.497 e. The van der Waals surface area contributed by atoms with Crippen molar-refractivity contribution >= 4 is 11.0 Å². The maximum atomic E-state index is 12.0. The average molecular weight is 368 g/mol. The molecule has 2 heterocycles. The van der Waals surface area contributed by atoms with Crippen molar-refractivity contribution in [3.63, 3.8) is 0 Å². The van der Waals surface area contributed by atoms with E-state index < -0.39 is 0 Å². The summed E-state index contributed by atoms with van der Waals surface area (Å²) in [6.07, 6.45) is 0. The van der Waals surface area contributed by atoms with Crippen molar-refractivity contribution in [1.29, 1.82) is 0 Å². The molecule has 6 nitrogen and oxygen atoms in total. The molecular weight excluding hydrogens is 346 g/mol. The summed E-state index contributed by atoms with van der Waals surface area (Å²) >= 11 is 0. The quantitative estimate of drug-likeness (QED) is 0.696. The molecule has 4 rings (SSSR count). The molecule has 0 bridgehead atoms. The smallest absolute Gasteiger partial charge is 0.336 e. The van der Waals surface area contributed by atoms with Gasteiger partial charge in [0.2, 0.25) is 0 Å². The molecule has 6 heteroatoms. The summed E-state index contributed by atoms with van der Waals surface area (Å²) in [4.78, 5) is 13.2. The van der Waals surface area contributed by atoms with Gasteiger partial charge in [-0.1, -0.05) is 0 Å². The molecule has 0 fully saturated rings. The fraction of sp³-hybridized carbons (Fsp3) is 0.286. The molecule has 0 saturated heterocycles. The maximum absolute atomic E-state index is 12.0. The van der Waals surface area contributed by atoms with E-state index in [4.69, 9.17) is 18.6 Å². The van der Waals surface area contributed by atoms with Gasteiger partial charge in [-0.2, -0.15) is 0 Å². The van der Waals surface area contributed by atoms with E-state index >= 15 is 0 Å². The van der Waals surface area contributed by atoms with Gasteiger partial charge < -0.3 is 23.5 Å². The van der Waals surface area contributed by atoms with Crippen LogP contribution in [0.1, 0.15) is 11.1 Å². The third kappa shape index (κ3) is 3.75. The molecule has 3 aromatic rings. The van der Waals surface area contributed by atoms with Crippen LogP contribution in [0, 0.1) is 0 Å². The Balaban J connectivity index is 1.56. The molecule has 1 aliphatic heterocycles. The molecule has 1 unspecified atom stereocenters. The Morgan fingerprint density at radius 2 is 1.81 bits per heavy atom. The summed E-state index contributed by atoms with van der Waals surface area (Å²) in [7, 11) is 3.69. The molecule has 140 valence electrons. The van der Waals surface area contributed by atoms with Crippen molar-refractivity contribution in [2.45, 2.75) is 13.1 Å². The number of quaternary nitrogens is 1. The molecule has 2 aromatic carbocycles. The lowest BCUT2D eigenvalue weighted by Gasteiger charge is -2.20. The number of rotatable bonds is 5. The minimum atomic E-state index is -0.349. The van der Waals surface area contributed by atoms with E-state index in [1.54, 1.807) is 19.2 Å². The summed E-state index contributed by atoms with van der Waals surface area (Å²) in [6, 6.07) is 13.2. The fourth-order valence-corrected chi connectivity index (χ4v) is 3.42. The third-order valence-corrected chi connectivity index (χ3v) is 4.64. The molecule has 0 aliphatic carbocycles. The second-order valence-electron chi connectivity index (χ2n) is 6.74. The highest BCUT2D eigenvalue weighted by molar-refractivity contribution is 5.81. The number of nitrogens with one attached hydrogen (secondary N) is 1. The van der Waals surface area contributed by atoms with Crippen molar-refractivity contribution in [3.05, 3.63) is 64.0 Å². The van der Waals surface area contributed by atoms with Crippen molar-refractivity contribution in [2.24, 2.45) is 0 Å². The summed E-state index contributed by atoms with van der Waals surface area (Å²) in [5.74, 6) is 2.26.